The summed E-state index contributed by atoms with van der Waals surface area (Å²) >= 11 is 0. The van der Waals surface area contributed by atoms with Crippen molar-refractivity contribution < 1.29 is 31.9 Å². The van der Waals surface area contributed by atoms with Gasteiger partial charge in [-0.25, -0.2) is 0 Å². The monoisotopic (exact) mass is 220 g/mol. The van der Waals surface area contributed by atoms with Crippen molar-refractivity contribution in [3.05, 3.63) is 25.3 Å². The molecular weight excluding hydrogens is 210 g/mol. The summed E-state index contributed by atoms with van der Waals surface area (Å²) in [6.45, 7) is 7.10. The molecule has 0 aliphatic rings. The Kier molecular flexibility index (Phi) is 30.9. The zero-order valence-corrected chi connectivity index (χ0v) is 7.09. The quantitative estimate of drug-likeness (QED) is 0.330. The molecular formula is C6H10ClRh-. The Morgan fingerprint density at radius 1 is 1.00 bits per heavy atom. The van der Waals surface area contributed by atoms with Gasteiger partial charge in [-0.05, 0) is 12.8 Å². The second-order valence-corrected chi connectivity index (χ2v) is 1.15. The van der Waals surface area contributed by atoms with Gasteiger partial charge in [0.05, 0.1) is 0 Å². The van der Waals surface area contributed by atoms with Gasteiger partial charge in [0.15, 0.2) is 0 Å². The fraction of sp³-hybridized carbons (Fsp3) is 0.333. The van der Waals surface area contributed by atoms with Crippen LogP contribution in [0.2, 0.25) is 0 Å². The zero-order chi connectivity index (χ0) is 4.83. The Bertz CT molecular complexity index is 44.5. The van der Waals surface area contributed by atoms with Gasteiger partial charge in [-0.15, -0.1) is 13.2 Å². The number of hydrogen-bond acceptors (Lipinski definition) is 0. The van der Waals surface area contributed by atoms with Crippen LogP contribution in [0.5, 0.6) is 0 Å². The number of halogens is 1. The topological polar surface area (TPSA) is 0 Å². The smallest absolute Gasteiger partial charge is 0 e. The Morgan fingerprint density at radius 3 is 1.38 bits per heavy atom. The third-order valence-electron chi connectivity index (χ3n) is 0.575. The van der Waals surface area contributed by atoms with Crippen LogP contribution >= 0.6 is 0 Å². The van der Waals surface area contributed by atoms with Gasteiger partial charge in [-0.3, -0.25) is 0 Å². The van der Waals surface area contributed by atoms with Crippen molar-refractivity contribution in [3.63, 3.8) is 0 Å². The Hall–Kier alpha value is 0.393. The standard InChI is InChI=1S/C6H10.ClH.Rh/c1-3-5-6-4-2;;/h3-4H,1-2,5-6H2;1H;/p-1. The summed E-state index contributed by atoms with van der Waals surface area (Å²) in [4.78, 5) is 0. The molecule has 0 nitrogen and oxygen atoms in total. The van der Waals surface area contributed by atoms with Gasteiger partial charge in [0.25, 0.3) is 0 Å². The molecule has 8 heavy (non-hydrogen) atoms. The zero-order valence-electron chi connectivity index (χ0n) is 4.69. The van der Waals surface area contributed by atoms with E-state index in [9.17, 15) is 0 Å². The minimum Gasteiger partial charge on any atom is -1.00 e. The first-order valence-corrected chi connectivity index (χ1v) is 2.13. The summed E-state index contributed by atoms with van der Waals surface area (Å²) in [6, 6.07) is 0. The predicted molar refractivity (Wildman–Crippen MR) is 29.6 cm³/mol. The van der Waals surface area contributed by atoms with Crippen molar-refractivity contribution in [3.8, 4) is 0 Å². The van der Waals surface area contributed by atoms with Crippen molar-refractivity contribution in [2.75, 3.05) is 0 Å². The number of unbranched alkanes of at least 4 members (excludes halogenated alkanes) is 1. The van der Waals surface area contributed by atoms with E-state index in [4.69, 9.17) is 0 Å². The van der Waals surface area contributed by atoms with Gasteiger partial charge in [0.2, 0.25) is 0 Å². The maximum Gasteiger partial charge on any atom is 0 e. The van der Waals surface area contributed by atoms with Crippen LogP contribution in [0.3, 0.4) is 0 Å². The minimum atomic E-state index is 0. The van der Waals surface area contributed by atoms with E-state index in [0.29, 0.717) is 0 Å². The molecule has 0 aliphatic heterocycles. The van der Waals surface area contributed by atoms with Crippen LogP contribution in [0.25, 0.3) is 0 Å². The average Bonchev–Trinajstić information content (AvgIpc) is 1.61. The molecule has 1 radical (unpaired) electrons. The Morgan fingerprint density at radius 2 is 1.25 bits per heavy atom. The van der Waals surface area contributed by atoms with E-state index in [1.807, 2.05) is 12.2 Å². The second kappa shape index (κ2) is 15.7. The van der Waals surface area contributed by atoms with E-state index in [-0.39, 0.29) is 31.9 Å². The van der Waals surface area contributed by atoms with Gasteiger partial charge in [0.1, 0.15) is 0 Å². The maximum atomic E-state index is 3.55. The number of hydrogen-bond donors (Lipinski definition) is 0. The third kappa shape index (κ3) is 16.2. The van der Waals surface area contributed by atoms with Crippen LogP contribution in [0.4, 0.5) is 0 Å². The van der Waals surface area contributed by atoms with Gasteiger partial charge in [-0.2, -0.15) is 0 Å². The summed E-state index contributed by atoms with van der Waals surface area (Å²) in [5.74, 6) is 0. The van der Waals surface area contributed by atoms with E-state index in [0.717, 1.165) is 12.8 Å². The van der Waals surface area contributed by atoms with E-state index in [1.165, 1.54) is 0 Å². The van der Waals surface area contributed by atoms with Crippen LogP contribution in [-0.2, 0) is 19.5 Å². The molecule has 0 amide bonds. The molecule has 0 aromatic carbocycles. The van der Waals surface area contributed by atoms with Crippen molar-refractivity contribution in [2.45, 2.75) is 12.8 Å². The molecule has 0 bridgehead atoms. The first-order valence-electron chi connectivity index (χ1n) is 2.13. The fourth-order valence-electron chi connectivity index (χ4n) is 0.236. The molecule has 0 saturated carbocycles. The Labute approximate surface area is 70.2 Å². The van der Waals surface area contributed by atoms with Crippen LogP contribution in [0.15, 0.2) is 25.3 Å². The molecule has 0 rings (SSSR count). The van der Waals surface area contributed by atoms with Crippen LogP contribution in [0.1, 0.15) is 12.8 Å². The molecule has 0 aromatic heterocycles. The largest absolute Gasteiger partial charge is 1.00 e. The molecule has 0 saturated heterocycles. The first kappa shape index (κ1) is 15.8. The van der Waals surface area contributed by atoms with E-state index in [1.54, 1.807) is 0 Å². The minimum absolute atomic E-state index is 0. The molecule has 0 heterocycles. The molecule has 0 unspecified atom stereocenters. The van der Waals surface area contributed by atoms with Gasteiger partial charge >= 0.3 is 0 Å². The maximum absolute atomic E-state index is 3.55. The van der Waals surface area contributed by atoms with Crippen molar-refractivity contribution in [2.24, 2.45) is 0 Å². The van der Waals surface area contributed by atoms with Crippen LogP contribution < -0.4 is 12.4 Å². The molecule has 0 aliphatic carbocycles. The molecule has 2 heteroatoms. The van der Waals surface area contributed by atoms with E-state index >= 15 is 0 Å². The van der Waals surface area contributed by atoms with Crippen LogP contribution in [0, 0.1) is 0 Å². The van der Waals surface area contributed by atoms with Gasteiger partial charge in [0, 0.05) is 19.5 Å². The predicted octanol–water partition coefficient (Wildman–Crippen LogP) is -0.860. The van der Waals surface area contributed by atoms with Gasteiger partial charge in [-0.1, -0.05) is 12.2 Å². The average molecular weight is 221 g/mol. The second-order valence-electron chi connectivity index (χ2n) is 1.15. The normalized spacial score (nSPS) is 5.50. The summed E-state index contributed by atoms with van der Waals surface area (Å²) in [5.41, 5.74) is 0. The molecule has 51 valence electrons. The molecule has 0 fully saturated rings. The molecule has 0 aromatic rings. The third-order valence-corrected chi connectivity index (χ3v) is 0.575. The van der Waals surface area contributed by atoms with Crippen molar-refractivity contribution in [1.29, 1.82) is 0 Å². The van der Waals surface area contributed by atoms with Crippen molar-refractivity contribution >= 4 is 0 Å². The van der Waals surface area contributed by atoms with Crippen LogP contribution in [-0.4, -0.2) is 0 Å². The Balaban J connectivity index is -0.000000125. The summed E-state index contributed by atoms with van der Waals surface area (Å²) in [6.07, 6.45) is 5.90. The number of rotatable bonds is 3. The molecule has 0 atom stereocenters. The molecule has 0 N–H and O–H groups in total. The van der Waals surface area contributed by atoms with Crippen molar-refractivity contribution in [1.82, 2.24) is 0 Å². The fourth-order valence-corrected chi connectivity index (χ4v) is 0.236. The summed E-state index contributed by atoms with van der Waals surface area (Å²) in [7, 11) is 0. The van der Waals surface area contributed by atoms with Gasteiger partial charge < -0.3 is 12.4 Å². The first-order chi connectivity index (χ1) is 2.91. The van der Waals surface area contributed by atoms with E-state index in [2.05, 4.69) is 13.2 Å². The SMILES string of the molecule is C=CCCC=C.[Cl-].[Rh]. The number of allylic oxidation sites excluding steroid dienone is 2. The van der Waals surface area contributed by atoms with E-state index < -0.39 is 0 Å². The summed E-state index contributed by atoms with van der Waals surface area (Å²) < 4.78 is 0. The molecule has 0 spiro atoms. The summed E-state index contributed by atoms with van der Waals surface area (Å²) in [5, 5.41) is 0.